The van der Waals surface area contributed by atoms with Crippen molar-refractivity contribution in [1.82, 2.24) is 0 Å². The minimum Gasteiger partial charge on any atom is -0.466 e. The number of halogens is 2. The lowest BCUT2D eigenvalue weighted by atomic mass is 10.0. The van der Waals surface area contributed by atoms with Crippen molar-refractivity contribution < 1.29 is 9.53 Å². The molecule has 1 aliphatic carbocycles. The second kappa shape index (κ2) is 25.4. The third-order valence-electron chi connectivity index (χ3n) is 1.85. The van der Waals surface area contributed by atoms with Crippen molar-refractivity contribution >= 4 is 29.2 Å². The maximum absolute atomic E-state index is 9.82. The molecule has 0 saturated heterocycles. The van der Waals surface area contributed by atoms with Crippen LogP contribution in [0.4, 0.5) is 0 Å². The molecule has 0 spiro atoms. The van der Waals surface area contributed by atoms with Crippen LogP contribution in [0.5, 0.6) is 0 Å². The average Bonchev–Trinajstić information content (AvgIpc) is 2.34. The lowest BCUT2D eigenvalue weighted by Gasteiger charge is -2.05. The Kier molecular flexibility index (Phi) is 32.0. The lowest BCUT2D eigenvalue weighted by Crippen LogP contribution is -1.95. The number of nitriles is 1. The first kappa shape index (κ1) is 22.7. The highest BCUT2D eigenvalue weighted by Crippen LogP contribution is 2.15. The van der Waals surface area contributed by atoms with Gasteiger partial charge in [0.1, 0.15) is 0 Å². The maximum atomic E-state index is 9.82. The Labute approximate surface area is 121 Å². The number of carbonyl (C=O) groups excluding carboxylic acids is 1. The van der Waals surface area contributed by atoms with E-state index in [-0.39, 0.29) is 11.3 Å². The highest BCUT2D eigenvalue weighted by atomic mass is 35.5. The Morgan fingerprint density at radius 3 is 1.44 bits per heavy atom. The van der Waals surface area contributed by atoms with Crippen LogP contribution in [-0.4, -0.2) is 17.9 Å². The van der Waals surface area contributed by atoms with Gasteiger partial charge in [-0.3, -0.25) is 4.79 Å². The van der Waals surface area contributed by atoms with E-state index in [1.165, 1.54) is 52.4 Å². The topological polar surface area (TPSA) is 50.1 Å². The largest absolute Gasteiger partial charge is 0.466 e. The summed E-state index contributed by atoms with van der Waals surface area (Å²) < 4.78 is 4.40. The third-order valence-corrected chi connectivity index (χ3v) is 1.85. The Bertz CT molecular complexity index is 178. The molecule has 0 aromatic carbocycles. The highest BCUT2D eigenvalue weighted by Gasteiger charge is 1.95. The van der Waals surface area contributed by atoms with Gasteiger partial charge in [-0.2, -0.15) is 5.26 Å². The Morgan fingerprint density at radius 2 is 1.39 bits per heavy atom. The van der Waals surface area contributed by atoms with Crippen LogP contribution >= 0.6 is 23.2 Å². The highest BCUT2D eigenvalue weighted by molar-refractivity contribution is 6.40. The van der Waals surface area contributed by atoms with Crippen LogP contribution in [0.15, 0.2) is 0 Å². The molecule has 18 heavy (non-hydrogen) atoms. The summed E-state index contributed by atoms with van der Waals surface area (Å²) in [4.78, 5) is 9.82. The van der Waals surface area contributed by atoms with E-state index in [0.29, 0.717) is 6.61 Å². The molecule has 1 rings (SSSR count). The molecule has 0 radical (unpaired) electrons. The maximum Gasteiger partial charge on any atom is 0.302 e. The Balaban J connectivity index is -0.000000177. The fraction of sp³-hybridized carbons (Fsp3) is 0.846. The molecule has 0 amide bonds. The second-order valence-electron chi connectivity index (χ2n) is 3.37. The lowest BCUT2D eigenvalue weighted by molar-refractivity contribution is -0.140. The van der Waals surface area contributed by atoms with Gasteiger partial charge in [-0.1, -0.05) is 38.5 Å². The molecule has 0 aromatic heterocycles. The zero-order valence-corrected chi connectivity index (χ0v) is 13.2. The average molecular weight is 298 g/mol. The number of esters is 1. The molecule has 1 saturated carbocycles. The summed E-state index contributed by atoms with van der Waals surface area (Å²) in [5.41, 5.74) is 0. The van der Waals surface area contributed by atoms with Gasteiger partial charge in [0.15, 0.2) is 0 Å². The van der Waals surface area contributed by atoms with Crippen LogP contribution in [0.2, 0.25) is 0 Å². The van der Waals surface area contributed by atoms with Gasteiger partial charge in [-0.25, -0.2) is 0 Å². The Morgan fingerprint density at radius 1 is 1.17 bits per heavy atom. The van der Waals surface area contributed by atoms with Crippen molar-refractivity contribution in [2.24, 2.45) is 0 Å². The summed E-state index contributed by atoms with van der Waals surface area (Å²) in [7, 11) is 0. The zero-order chi connectivity index (χ0) is 14.6. The van der Waals surface area contributed by atoms with E-state index in [1.54, 1.807) is 13.0 Å². The van der Waals surface area contributed by atoms with Gasteiger partial charge in [0.2, 0.25) is 0 Å². The van der Waals surface area contributed by atoms with E-state index in [9.17, 15) is 4.79 Å². The normalized spacial score (nSPS) is 12.0. The first-order valence-electron chi connectivity index (χ1n) is 6.16. The summed E-state index contributed by atoms with van der Waals surface area (Å²) in [5.74, 6) is -0.211. The second-order valence-corrected chi connectivity index (χ2v) is 4.18. The number of rotatable bonds is 1. The SMILES string of the molecule is C1CCCCC1.CC#N.CCOC(C)=O.ClCCl. The van der Waals surface area contributed by atoms with Crippen LogP contribution < -0.4 is 0 Å². The standard InChI is InChI=1S/C6H12.C4H8O2.C2H3N.CH2Cl2/c1-2-4-6-5-3-1;1-3-6-4(2)5;1-2-3;2-1-3/h1-6H2;3H2,1-2H3;1H3;1H2. The van der Waals surface area contributed by atoms with E-state index in [4.69, 9.17) is 28.5 Å². The molecule has 0 aromatic rings. The summed E-state index contributed by atoms with van der Waals surface area (Å²) in [6, 6.07) is 1.75. The van der Waals surface area contributed by atoms with Crippen molar-refractivity contribution in [3.63, 3.8) is 0 Å². The van der Waals surface area contributed by atoms with Crippen molar-refractivity contribution in [3.05, 3.63) is 0 Å². The van der Waals surface area contributed by atoms with Gasteiger partial charge in [-0.15, -0.1) is 23.2 Å². The molecule has 0 bridgehead atoms. The first-order valence-corrected chi connectivity index (χ1v) is 7.23. The van der Waals surface area contributed by atoms with Gasteiger partial charge >= 0.3 is 5.97 Å². The van der Waals surface area contributed by atoms with E-state index >= 15 is 0 Å². The fourth-order valence-corrected chi connectivity index (χ4v) is 1.26. The Hall–Kier alpha value is -0.460. The van der Waals surface area contributed by atoms with Gasteiger partial charge in [0, 0.05) is 13.8 Å². The molecule has 0 unspecified atom stereocenters. The predicted octanol–water partition coefficient (Wildman–Crippen LogP) is 4.86. The van der Waals surface area contributed by atoms with Crippen molar-refractivity contribution in [1.29, 1.82) is 5.26 Å². The monoisotopic (exact) mass is 297 g/mol. The molecular formula is C13H25Cl2NO2. The third kappa shape index (κ3) is 45.0. The number of alkyl halides is 2. The van der Waals surface area contributed by atoms with Gasteiger partial charge in [0.05, 0.1) is 18.0 Å². The van der Waals surface area contributed by atoms with Crippen molar-refractivity contribution in [2.75, 3.05) is 11.9 Å². The van der Waals surface area contributed by atoms with Crippen LogP contribution in [0.3, 0.4) is 0 Å². The summed E-state index contributed by atoms with van der Waals surface area (Å²) >= 11 is 9.53. The predicted molar refractivity (Wildman–Crippen MR) is 77.9 cm³/mol. The minimum atomic E-state index is -0.211. The number of nitrogens with zero attached hydrogens (tertiary/aromatic N) is 1. The van der Waals surface area contributed by atoms with Crippen molar-refractivity contribution in [2.45, 2.75) is 59.3 Å². The van der Waals surface area contributed by atoms with E-state index in [0.717, 1.165) is 0 Å². The number of hydrogen-bond donors (Lipinski definition) is 0. The van der Waals surface area contributed by atoms with Crippen LogP contribution in [0, 0.1) is 11.3 Å². The quantitative estimate of drug-likeness (QED) is 0.513. The molecule has 0 N–H and O–H groups in total. The molecule has 1 aliphatic rings. The van der Waals surface area contributed by atoms with E-state index in [1.807, 2.05) is 0 Å². The molecule has 0 atom stereocenters. The molecule has 0 aliphatic heterocycles. The van der Waals surface area contributed by atoms with Gasteiger partial charge < -0.3 is 4.74 Å². The number of hydrogen-bond acceptors (Lipinski definition) is 3. The smallest absolute Gasteiger partial charge is 0.302 e. The summed E-state index contributed by atoms with van der Waals surface area (Å²) in [6.45, 7) is 5.08. The first-order chi connectivity index (χ1) is 8.60. The van der Waals surface area contributed by atoms with E-state index in [2.05, 4.69) is 4.74 Å². The number of ether oxygens (including phenoxy) is 1. The molecule has 0 heterocycles. The molecule has 1 fully saturated rings. The fourth-order valence-electron chi connectivity index (χ4n) is 1.26. The summed E-state index contributed by atoms with van der Waals surface area (Å²) in [5, 5.41) is 7.51. The zero-order valence-electron chi connectivity index (χ0n) is 11.7. The van der Waals surface area contributed by atoms with Crippen LogP contribution in [-0.2, 0) is 9.53 Å². The molecule has 108 valence electrons. The molecule has 3 nitrogen and oxygen atoms in total. The van der Waals surface area contributed by atoms with E-state index < -0.39 is 0 Å². The van der Waals surface area contributed by atoms with Gasteiger partial charge in [-0.05, 0) is 6.92 Å². The minimum absolute atomic E-state index is 0.194. The van der Waals surface area contributed by atoms with Crippen LogP contribution in [0.1, 0.15) is 59.3 Å². The van der Waals surface area contributed by atoms with Gasteiger partial charge in [0.25, 0.3) is 0 Å². The number of carbonyl (C=O) groups is 1. The molecular weight excluding hydrogens is 273 g/mol. The van der Waals surface area contributed by atoms with Crippen LogP contribution in [0.25, 0.3) is 0 Å². The van der Waals surface area contributed by atoms with Crippen molar-refractivity contribution in [3.8, 4) is 6.07 Å². The summed E-state index contributed by atoms with van der Waals surface area (Å²) in [6.07, 6.45) is 9.00. The molecule has 5 heteroatoms.